The lowest BCUT2D eigenvalue weighted by Gasteiger charge is -2.11. The van der Waals surface area contributed by atoms with Crippen LogP contribution in [0.2, 0.25) is 0 Å². The van der Waals surface area contributed by atoms with Gasteiger partial charge in [-0.3, -0.25) is 9.59 Å². The van der Waals surface area contributed by atoms with Crippen molar-refractivity contribution in [2.24, 2.45) is 0 Å². The van der Waals surface area contributed by atoms with Gasteiger partial charge in [-0.1, -0.05) is 22.0 Å². The number of nitrogens with one attached hydrogen (secondary N) is 2. The number of aromatic nitrogens is 3. The van der Waals surface area contributed by atoms with Gasteiger partial charge in [-0.25, -0.2) is 9.67 Å². The molecule has 3 rings (SSSR count). The van der Waals surface area contributed by atoms with Crippen molar-refractivity contribution in [3.8, 4) is 0 Å². The molecule has 0 saturated heterocycles. The highest BCUT2D eigenvalue weighted by molar-refractivity contribution is 9.10. The maximum absolute atomic E-state index is 12.6. The average molecular weight is 458 g/mol. The number of nitrogens with zero attached hydrogens (tertiary/aromatic N) is 3. The number of hydrogen-bond acceptors (Lipinski definition) is 4. The molecule has 7 nitrogen and oxygen atoms in total. The summed E-state index contributed by atoms with van der Waals surface area (Å²) in [5, 5.41) is 10.8. The summed E-state index contributed by atoms with van der Waals surface area (Å²) in [5.74, 6) is -0.407. The van der Waals surface area contributed by atoms with Gasteiger partial charge in [0.05, 0.1) is 17.5 Å². The molecule has 29 heavy (non-hydrogen) atoms. The van der Waals surface area contributed by atoms with Gasteiger partial charge in [0.2, 0.25) is 5.91 Å². The van der Waals surface area contributed by atoms with Crippen LogP contribution in [-0.2, 0) is 4.79 Å². The summed E-state index contributed by atoms with van der Waals surface area (Å²) in [6.07, 6.45) is 1.89. The SMILES string of the molecule is Cc1ccc(Br)cc1NC(=O)CCNC(=O)c1cc2cnn(C(C)C)c2nc1C. The first-order valence-corrected chi connectivity index (χ1v) is 10.2. The molecular weight excluding hydrogens is 434 g/mol. The van der Waals surface area contributed by atoms with E-state index < -0.39 is 0 Å². The zero-order valence-electron chi connectivity index (χ0n) is 16.9. The van der Waals surface area contributed by atoms with Crippen molar-refractivity contribution in [3.05, 3.63) is 51.8 Å². The van der Waals surface area contributed by atoms with Gasteiger partial charge in [-0.15, -0.1) is 0 Å². The lowest BCUT2D eigenvalue weighted by atomic mass is 10.1. The molecule has 2 aromatic heterocycles. The number of anilines is 1. The van der Waals surface area contributed by atoms with Gasteiger partial charge in [-0.05, 0) is 51.5 Å². The quantitative estimate of drug-likeness (QED) is 0.581. The summed E-state index contributed by atoms with van der Waals surface area (Å²) >= 11 is 3.40. The Balaban J connectivity index is 1.61. The van der Waals surface area contributed by atoms with Crippen molar-refractivity contribution in [3.63, 3.8) is 0 Å². The van der Waals surface area contributed by atoms with Crippen LogP contribution in [-0.4, -0.2) is 33.1 Å². The van der Waals surface area contributed by atoms with Crippen molar-refractivity contribution in [2.45, 2.75) is 40.2 Å². The van der Waals surface area contributed by atoms with Gasteiger partial charge in [0.1, 0.15) is 0 Å². The van der Waals surface area contributed by atoms with Crippen LogP contribution in [0, 0.1) is 13.8 Å². The van der Waals surface area contributed by atoms with Crippen molar-refractivity contribution in [1.29, 1.82) is 0 Å². The minimum atomic E-state index is -0.249. The minimum Gasteiger partial charge on any atom is -0.351 e. The number of pyridine rings is 1. The molecule has 8 heteroatoms. The monoisotopic (exact) mass is 457 g/mol. The van der Waals surface area contributed by atoms with Gasteiger partial charge in [0.15, 0.2) is 5.65 Å². The highest BCUT2D eigenvalue weighted by Crippen LogP contribution is 2.21. The number of benzene rings is 1. The van der Waals surface area contributed by atoms with Crippen LogP contribution in [0.5, 0.6) is 0 Å². The summed E-state index contributed by atoms with van der Waals surface area (Å²) in [7, 11) is 0. The standard InChI is InChI=1S/C21H24BrN5O2/c1-12(2)27-20-15(11-24-27)9-17(14(4)25-20)21(29)23-8-7-19(28)26-18-10-16(22)6-5-13(18)3/h5-6,9-12H,7-8H2,1-4H3,(H,23,29)(H,26,28). The molecule has 0 bridgehead atoms. The van der Waals surface area contributed by atoms with Gasteiger partial charge in [0, 0.05) is 34.6 Å². The average Bonchev–Trinajstić information content (AvgIpc) is 3.06. The van der Waals surface area contributed by atoms with E-state index in [1.807, 2.05) is 43.7 Å². The molecular formula is C21H24BrN5O2. The van der Waals surface area contributed by atoms with Crippen LogP contribution in [0.1, 0.15) is 47.9 Å². The van der Waals surface area contributed by atoms with E-state index in [2.05, 4.69) is 36.6 Å². The van der Waals surface area contributed by atoms with Gasteiger partial charge in [0.25, 0.3) is 5.91 Å². The van der Waals surface area contributed by atoms with Crippen LogP contribution < -0.4 is 10.6 Å². The third-order valence-corrected chi connectivity index (χ3v) is 5.10. The zero-order chi connectivity index (χ0) is 21.1. The second-order valence-corrected chi connectivity index (χ2v) is 8.15. The number of halogens is 1. The summed E-state index contributed by atoms with van der Waals surface area (Å²) < 4.78 is 2.73. The molecule has 0 unspecified atom stereocenters. The van der Waals surface area contributed by atoms with Gasteiger partial charge in [-0.2, -0.15) is 5.10 Å². The molecule has 0 radical (unpaired) electrons. The highest BCUT2D eigenvalue weighted by atomic mass is 79.9. The lowest BCUT2D eigenvalue weighted by Crippen LogP contribution is -2.28. The van der Waals surface area contributed by atoms with Gasteiger partial charge >= 0.3 is 0 Å². The predicted octanol–water partition coefficient (Wildman–Crippen LogP) is 4.15. The highest BCUT2D eigenvalue weighted by Gasteiger charge is 2.15. The second kappa shape index (κ2) is 8.73. The Bertz CT molecular complexity index is 1070. The fraction of sp³-hybridized carbons (Fsp3) is 0.333. The maximum atomic E-state index is 12.6. The molecule has 0 saturated carbocycles. The fourth-order valence-corrected chi connectivity index (χ4v) is 3.36. The fourth-order valence-electron chi connectivity index (χ4n) is 3.00. The zero-order valence-corrected chi connectivity index (χ0v) is 18.5. The molecule has 152 valence electrons. The number of hydrogen-bond donors (Lipinski definition) is 2. The van der Waals surface area contributed by atoms with E-state index in [0.29, 0.717) is 11.3 Å². The number of carbonyl (C=O) groups is 2. The first-order chi connectivity index (χ1) is 13.8. The Morgan fingerprint density at radius 3 is 2.69 bits per heavy atom. The second-order valence-electron chi connectivity index (χ2n) is 7.23. The Labute approximate surface area is 178 Å². The van der Waals surface area contributed by atoms with E-state index in [0.717, 1.165) is 26.8 Å². The Morgan fingerprint density at radius 1 is 1.21 bits per heavy atom. The Morgan fingerprint density at radius 2 is 1.97 bits per heavy atom. The van der Waals surface area contributed by atoms with Crippen molar-refractivity contribution < 1.29 is 9.59 Å². The Kier molecular flexibility index (Phi) is 6.32. The van der Waals surface area contributed by atoms with Crippen LogP contribution in [0.25, 0.3) is 11.0 Å². The molecule has 0 fully saturated rings. The molecule has 0 aliphatic carbocycles. The van der Waals surface area contributed by atoms with Crippen LogP contribution >= 0.6 is 15.9 Å². The van der Waals surface area contributed by atoms with E-state index in [9.17, 15) is 9.59 Å². The molecule has 2 heterocycles. The van der Waals surface area contributed by atoms with Crippen molar-refractivity contribution in [2.75, 3.05) is 11.9 Å². The molecule has 0 aliphatic heterocycles. The first-order valence-electron chi connectivity index (χ1n) is 9.45. The van der Waals surface area contributed by atoms with E-state index in [1.165, 1.54) is 0 Å². The van der Waals surface area contributed by atoms with Crippen molar-refractivity contribution >= 4 is 44.5 Å². The topological polar surface area (TPSA) is 88.9 Å². The summed E-state index contributed by atoms with van der Waals surface area (Å²) in [4.78, 5) is 29.3. The molecule has 2 amide bonds. The molecule has 2 N–H and O–H groups in total. The van der Waals surface area contributed by atoms with E-state index in [1.54, 1.807) is 19.2 Å². The molecule has 3 aromatic rings. The van der Waals surface area contributed by atoms with Crippen LogP contribution in [0.3, 0.4) is 0 Å². The molecule has 0 aliphatic rings. The molecule has 0 atom stereocenters. The summed E-state index contributed by atoms with van der Waals surface area (Å²) in [6, 6.07) is 7.68. The normalized spacial score (nSPS) is 11.1. The third kappa shape index (κ3) is 4.82. The van der Waals surface area contributed by atoms with Crippen LogP contribution in [0.15, 0.2) is 34.9 Å². The van der Waals surface area contributed by atoms with Crippen LogP contribution in [0.4, 0.5) is 5.69 Å². The number of amides is 2. The number of fused-ring (bicyclic) bond motifs is 1. The lowest BCUT2D eigenvalue weighted by molar-refractivity contribution is -0.116. The van der Waals surface area contributed by atoms with E-state index in [4.69, 9.17) is 0 Å². The predicted molar refractivity (Wildman–Crippen MR) is 117 cm³/mol. The minimum absolute atomic E-state index is 0.157. The number of carbonyl (C=O) groups excluding carboxylic acids is 2. The number of aryl methyl sites for hydroxylation is 2. The smallest absolute Gasteiger partial charge is 0.253 e. The summed E-state index contributed by atoms with van der Waals surface area (Å²) in [6.45, 7) is 8.03. The Hall–Kier alpha value is -2.74. The van der Waals surface area contributed by atoms with E-state index >= 15 is 0 Å². The maximum Gasteiger partial charge on any atom is 0.253 e. The molecule has 0 spiro atoms. The number of rotatable bonds is 6. The largest absolute Gasteiger partial charge is 0.351 e. The van der Waals surface area contributed by atoms with E-state index in [-0.39, 0.29) is 30.8 Å². The first kappa shape index (κ1) is 21.0. The summed E-state index contributed by atoms with van der Waals surface area (Å²) in [5.41, 5.74) is 3.61. The molecule has 1 aromatic carbocycles. The third-order valence-electron chi connectivity index (χ3n) is 4.60. The van der Waals surface area contributed by atoms with Gasteiger partial charge < -0.3 is 10.6 Å². The van der Waals surface area contributed by atoms with Crippen molar-refractivity contribution in [1.82, 2.24) is 20.1 Å².